The Bertz CT molecular complexity index is 143. The van der Waals surface area contributed by atoms with E-state index in [0.29, 0.717) is 6.61 Å². The number of cyclic esters (lactones) is 2. The van der Waals surface area contributed by atoms with Gasteiger partial charge in [-0.2, -0.15) is 0 Å². The molecule has 76 valence electrons. The van der Waals surface area contributed by atoms with Crippen LogP contribution in [0.3, 0.4) is 0 Å². The Morgan fingerprint density at radius 1 is 1.15 bits per heavy atom. The molecule has 5 heteroatoms. The van der Waals surface area contributed by atoms with Gasteiger partial charge in [0.2, 0.25) is 0 Å². The number of carbonyl (C=O) groups excluding carboxylic acids is 1. The lowest BCUT2D eigenvalue weighted by molar-refractivity contribution is -0.0334. The summed E-state index contributed by atoms with van der Waals surface area (Å²) in [5, 5.41) is 0. The van der Waals surface area contributed by atoms with Crippen LogP contribution in [0, 0.1) is 0 Å². The number of rotatable bonds is 0. The highest BCUT2D eigenvalue weighted by Crippen LogP contribution is 2.02. The van der Waals surface area contributed by atoms with E-state index in [1.54, 1.807) is 6.92 Å². The fourth-order valence-electron chi connectivity index (χ4n) is 0.858. The van der Waals surface area contributed by atoms with Gasteiger partial charge in [0.1, 0.15) is 12.7 Å². The molecule has 5 nitrogen and oxygen atoms in total. The molecule has 0 amide bonds. The molecule has 2 heterocycles. The molecule has 0 N–H and O–H groups in total. The lowest BCUT2D eigenvalue weighted by atomic mass is 10.5. The van der Waals surface area contributed by atoms with Gasteiger partial charge < -0.3 is 18.9 Å². The molecule has 0 aromatic heterocycles. The van der Waals surface area contributed by atoms with E-state index >= 15 is 0 Å². The van der Waals surface area contributed by atoms with Gasteiger partial charge in [-0.25, -0.2) is 4.79 Å². The first-order chi connectivity index (χ1) is 6.29. The summed E-state index contributed by atoms with van der Waals surface area (Å²) in [6.07, 6.45) is -0.597. The van der Waals surface area contributed by atoms with Crippen molar-refractivity contribution in [1.29, 1.82) is 0 Å². The van der Waals surface area contributed by atoms with Crippen molar-refractivity contribution >= 4 is 6.16 Å². The van der Waals surface area contributed by atoms with Gasteiger partial charge in [0.05, 0.1) is 26.4 Å². The maximum Gasteiger partial charge on any atom is 0.508 e. The van der Waals surface area contributed by atoms with Crippen molar-refractivity contribution in [3.05, 3.63) is 0 Å². The number of hydrogen-bond acceptors (Lipinski definition) is 5. The van der Waals surface area contributed by atoms with Crippen LogP contribution in [0.15, 0.2) is 0 Å². The van der Waals surface area contributed by atoms with Gasteiger partial charge in [-0.3, -0.25) is 0 Å². The van der Waals surface area contributed by atoms with Gasteiger partial charge in [-0.15, -0.1) is 0 Å². The van der Waals surface area contributed by atoms with Crippen molar-refractivity contribution in [2.75, 3.05) is 33.0 Å². The van der Waals surface area contributed by atoms with E-state index in [9.17, 15) is 4.79 Å². The third-order valence-electron chi connectivity index (χ3n) is 1.48. The summed E-state index contributed by atoms with van der Waals surface area (Å²) in [4.78, 5) is 10.0. The highest BCUT2D eigenvalue weighted by Gasteiger charge is 2.19. The normalized spacial score (nSPS) is 26.8. The maximum absolute atomic E-state index is 10.0. The highest BCUT2D eigenvalue weighted by atomic mass is 16.8. The molecule has 0 saturated carbocycles. The average molecular weight is 190 g/mol. The molecule has 2 saturated heterocycles. The van der Waals surface area contributed by atoms with Crippen molar-refractivity contribution in [1.82, 2.24) is 0 Å². The summed E-state index contributed by atoms with van der Waals surface area (Å²) >= 11 is 0. The zero-order valence-electron chi connectivity index (χ0n) is 7.65. The third kappa shape index (κ3) is 4.69. The van der Waals surface area contributed by atoms with Crippen molar-refractivity contribution in [3.63, 3.8) is 0 Å². The van der Waals surface area contributed by atoms with Gasteiger partial charge in [0.15, 0.2) is 0 Å². The summed E-state index contributed by atoms with van der Waals surface area (Å²) in [7, 11) is 0. The Morgan fingerprint density at radius 3 is 1.85 bits per heavy atom. The number of ether oxygens (including phenoxy) is 4. The maximum atomic E-state index is 10.0. The zero-order valence-corrected chi connectivity index (χ0v) is 7.65. The van der Waals surface area contributed by atoms with Gasteiger partial charge in [0.25, 0.3) is 0 Å². The minimum Gasteiger partial charge on any atom is -0.430 e. The molecule has 0 bridgehead atoms. The molecule has 1 atom stereocenters. The van der Waals surface area contributed by atoms with E-state index in [-0.39, 0.29) is 6.10 Å². The van der Waals surface area contributed by atoms with Gasteiger partial charge in [0, 0.05) is 0 Å². The molecular weight excluding hydrogens is 176 g/mol. The molecule has 2 aliphatic heterocycles. The van der Waals surface area contributed by atoms with Gasteiger partial charge in [-0.05, 0) is 6.92 Å². The smallest absolute Gasteiger partial charge is 0.430 e. The highest BCUT2D eigenvalue weighted by molar-refractivity contribution is 5.61. The third-order valence-corrected chi connectivity index (χ3v) is 1.48. The molecule has 0 aliphatic carbocycles. The van der Waals surface area contributed by atoms with E-state index in [4.69, 9.17) is 9.47 Å². The Balaban J connectivity index is 0.000000132. The summed E-state index contributed by atoms with van der Waals surface area (Å²) < 4.78 is 18.8. The van der Waals surface area contributed by atoms with Crippen molar-refractivity contribution in [2.24, 2.45) is 0 Å². The molecule has 0 spiro atoms. The van der Waals surface area contributed by atoms with Gasteiger partial charge in [-0.1, -0.05) is 0 Å². The Labute approximate surface area is 76.9 Å². The standard InChI is InChI=1S/C4H6O3.C4H8O2/c1-3-2-6-4(5)7-3;1-2-6-4-3-5-1/h3H,2H2,1H3;1-4H2. The first-order valence-electron chi connectivity index (χ1n) is 4.28. The molecule has 13 heavy (non-hydrogen) atoms. The summed E-state index contributed by atoms with van der Waals surface area (Å²) in [5.41, 5.74) is 0. The molecule has 2 fully saturated rings. The summed E-state index contributed by atoms with van der Waals surface area (Å²) in [6.45, 7) is 5.30. The second kappa shape index (κ2) is 5.77. The Morgan fingerprint density at radius 2 is 1.69 bits per heavy atom. The Hall–Kier alpha value is -0.810. The lowest BCUT2D eigenvalue weighted by Crippen LogP contribution is -2.16. The second-order valence-corrected chi connectivity index (χ2v) is 2.71. The van der Waals surface area contributed by atoms with E-state index in [1.165, 1.54) is 0 Å². The SMILES string of the molecule is C1COCCO1.CC1COC(=O)O1. The van der Waals surface area contributed by atoms with Crippen LogP contribution < -0.4 is 0 Å². The monoisotopic (exact) mass is 190 g/mol. The molecule has 2 rings (SSSR count). The topological polar surface area (TPSA) is 54.0 Å². The van der Waals surface area contributed by atoms with Crippen LogP contribution in [0.1, 0.15) is 6.92 Å². The predicted molar refractivity (Wildman–Crippen MR) is 43.5 cm³/mol. The Kier molecular flexibility index (Phi) is 4.56. The quantitative estimate of drug-likeness (QED) is 0.523. The average Bonchev–Trinajstić information content (AvgIpc) is 2.54. The minimum atomic E-state index is -0.549. The van der Waals surface area contributed by atoms with Crippen molar-refractivity contribution in [2.45, 2.75) is 13.0 Å². The van der Waals surface area contributed by atoms with Crippen LogP contribution in [0.25, 0.3) is 0 Å². The summed E-state index contributed by atoms with van der Waals surface area (Å²) in [6, 6.07) is 0. The van der Waals surface area contributed by atoms with Crippen LogP contribution in [0.2, 0.25) is 0 Å². The van der Waals surface area contributed by atoms with Crippen molar-refractivity contribution in [3.8, 4) is 0 Å². The first-order valence-corrected chi connectivity index (χ1v) is 4.28. The van der Waals surface area contributed by atoms with Crippen LogP contribution in [0.4, 0.5) is 4.79 Å². The molecule has 0 aromatic carbocycles. The van der Waals surface area contributed by atoms with E-state index < -0.39 is 6.16 Å². The number of hydrogen-bond donors (Lipinski definition) is 0. The molecule has 1 unspecified atom stereocenters. The van der Waals surface area contributed by atoms with Crippen molar-refractivity contribution < 1.29 is 23.7 Å². The molecular formula is C8H14O5. The van der Waals surface area contributed by atoms with Crippen LogP contribution in [-0.2, 0) is 18.9 Å². The number of carbonyl (C=O) groups is 1. The van der Waals surface area contributed by atoms with E-state index in [1.807, 2.05) is 0 Å². The van der Waals surface area contributed by atoms with Crippen LogP contribution >= 0.6 is 0 Å². The largest absolute Gasteiger partial charge is 0.508 e. The predicted octanol–water partition coefficient (Wildman–Crippen LogP) is 0.575. The summed E-state index contributed by atoms with van der Waals surface area (Å²) in [5.74, 6) is 0. The van der Waals surface area contributed by atoms with E-state index in [0.717, 1.165) is 26.4 Å². The van der Waals surface area contributed by atoms with E-state index in [2.05, 4.69) is 9.47 Å². The first kappa shape index (κ1) is 10.3. The molecule has 0 aromatic rings. The van der Waals surface area contributed by atoms with Crippen LogP contribution in [0.5, 0.6) is 0 Å². The second-order valence-electron chi connectivity index (χ2n) is 2.71. The fourth-order valence-corrected chi connectivity index (χ4v) is 0.858. The minimum absolute atomic E-state index is 0.0486. The van der Waals surface area contributed by atoms with Gasteiger partial charge >= 0.3 is 6.16 Å². The fraction of sp³-hybridized carbons (Fsp3) is 0.875. The molecule has 2 aliphatic rings. The molecule has 0 radical (unpaired) electrons. The zero-order chi connectivity index (χ0) is 9.52. The van der Waals surface area contributed by atoms with Crippen LogP contribution in [-0.4, -0.2) is 45.3 Å². The lowest BCUT2D eigenvalue weighted by Gasteiger charge is -2.09.